The van der Waals surface area contributed by atoms with Crippen LogP contribution in [0.25, 0.3) is 0 Å². The van der Waals surface area contributed by atoms with Crippen molar-refractivity contribution in [1.29, 1.82) is 0 Å². The largest absolute Gasteiger partial charge is 0.396 e. The van der Waals surface area contributed by atoms with Crippen LogP contribution in [-0.2, 0) is 0 Å². The van der Waals surface area contributed by atoms with Crippen molar-refractivity contribution in [3.63, 3.8) is 0 Å². The maximum Gasteiger partial charge on any atom is 0.254 e. The number of aliphatic hydroxyl groups excluding tert-OH is 1. The van der Waals surface area contributed by atoms with E-state index in [0.717, 1.165) is 37.1 Å². The molecule has 1 atom stereocenters. The normalized spacial score (nSPS) is 18.9. The molecule has 0 radical (unpaired) electrons. The van der Waals surface area contributed by atoms with E-state index in [2.05, 4.69) is 5.43 Å². The van der Waals surface area contributed by atoms with Crippen molar-refractivity contribution in [2.24, 2.45) is 5.84 Å². The van der Waals surface area contributed by atoms with Gasteiger partial charge in [-0.2, -0.15) is 0 Å². The Hall–Kier alpha value is -1.59. The molecule has 110 valence electrons. The Kier molecular flexibility index (Phi) is 4.98. The second-order valence-electron chi connectivity index (χ2n) is 5.33. The molecule has 0 aromatic heterocycles. The van der Waals surface area contributed by atoms with Crippen LogP contribution in [0.5, 0.6) is 0 Å². The van der Waals surface area contributed by atoms with Gasteiger partial charge >= 0.3 is 0 Å². The van der Waals surface area contributed by atoms with Crippen LogP contribution in [0.4, 0.5) is 5.69 Å². The van der Waals surface area contributed by atoms with Crippen LogP contribution < -0.4 is 11.3 Å². The minimum absolute atomic E-state index is 0.0595. The molecule has 1 fully saturated rings. The Balaban J connectivity index is 2.20. The maximum atomic E-state index is 12.7. The molecule has 2 rings (SSSR count). The molecule has 5 heteroatoms. The van der Waals surface area contributed by atoms with Gasteiger partial charge in [0.1, 0.15) is 0 Å². The van der Waals surface area contributed by atoms with E-state index in [1.54, 1.807) is 0 Å². The molecule has 1 aliphatic rings. The van der Waals surface area contributed by atoms with Crippen LogP contribution in [0.2, 0.25) is 0 Å². The van der Waals surface area contributed by atoms with E-state index in [9.17, 15) is 4.79 Å². The van der Waals surface area contributed by atoms with Gasteiger partial charge in [0.2, 0.25) is 0 Å². The number of likely N-dealkylation sites (tertiary alicyclic amines) is 1. The molecule has 20 heavy (non-hydrogen) atoms. The fraction of sp³-hybridized carbons (Fsp3) is 0.533. The Morgan fingerprint density at radius 2 is 2.30 bits per heavy atom. The number of hydrazine groups is 1. The molecule has 4 N–H and O–H groups in total. The number of benzene rings is 1. The molecule has 1 aliphatic heterocycles. The van der Waals surface area contributed by atoms with E-state index in [0.29, 0.717) is 12.0 Å². The zero-order chi connectivity index (χ0) is 14.5. The third-order valence-electron chi connectivity index (χ3n) is 3.97. The third-order valence-corrected chi connectivity index (χ3v) is 3.97. The number of aliphatic hydroxyl groups is 1. The quantitative estimate of drug-likeness (QED) is 0.577. The molecule has 1 aromatic rings. The third kappa shape index (κ3) is 3.11. The highest BCUT2D eigenvalue weighted by atomic mass is 16.3. The lowest BCUT2D eigenvalue weighted by molar-refractivity contribution is 0.0574. The smallest absolute Gasteiger partial charge is 0.254 e. The van der Waals surface area contributed by atoms with E-state index in [1.165, 1.54) is 0 Å². The van der Waals surface area contributed by atoms with Crippen molar-refractivity contribution in [3.8, 4) is 0 Å². The zero-order valence-electron chi connectivity index (χ0n) is 11.9. The summed E-state index contributed by atoms with van der Waals surface area (Å²) >= 11 is 0. The average molecular weight is 277 g/mol. The van der Waals surface area contributed by atoms with Crippen molar-refractivity contribution >= 4 is 11.6 Å². The van der Waals surface area contributed by atoms with Crippen LogP contribution in [-0.4, -0.2) is 35.1 Å². The van der Waals surface area contributed by atoms with Gasteiger partial charge in [-0.05, 0) is 56.4 Å². The Morgan fingerprint density at radius 3 is 2.95 bits per heavy atom. The van der Waals surface area contributed by atoms with Gasteiger partial charge in [0.15, 0.2) is 0 Å². The van der Waals surface area contributed by atoms with E-state index < -0.39 is 0 Å². The van der Waals surface area contributed by atoms with Crippen molar-refractivity contribution < 1.29 is 9.90 Å². The number of carbonyl (C=O) groups is 1. The highest BCUT2D eigenvalue weighted by Gasteiger charge is 2.27. The molecule has 1 aromatic carbocycles. The molecule has 5 nitrogen and oxygen atoms in total. The number of nitrogens with zero attached hydrogens (tertiary/aromatic N) is 1. The second-order valence-corrected chi connectivity index (χ2v) is 5.33. The zero-order valence-corrected chi connectivity index (χ0v) is 11.9. The first-order valence-electron chi connectivity index (χ1n) is 7.16. The number of hydrogen-bond donors (Lipinski definition) is 3. The molecular weight excluding hydrogens is 254 g/mol. The Bertz CT molecular complexity index is 474. The van der Waals surface area contributed by atoms with Gasteiger partial charge in [0.05, 0.1) is 0 Å². The van der Waals surface area contributed by atoms with E-state index in [4.69, 9.17) is 10.9 Å². The lowest BCUT2D eigenvalue weighted by atomic mass is 9.97. The summed E-state index contributed by atoms with van der Waals surface area (Å²) in [7, 11) is 0. The number of nitrogens with one attached hydrogen (secondary N) is 1. The summed E-state index contributed by atoms with van der Waals surface area (Å²) in [6, 6.07) is 5.66. The highest BCUT2D eigenvalue weighted by molar-refractivity contribution is 5.96. The maximum absolute atomic E-state index is 12.7. The first-order valence-corrected chi connectivity index (χ1v) is 7.16. The molecule has 1 heterocycles. The number of anilines is 1. The molecule has 0 spiro atoms. The summed E-state index contributed by atoms with van der Waals surface area (Å²) in [6.07, 6.45) is 3.81. The number of rotatable bonds is 4. The first kappa shape index (κ1) is 14.8. The lowest BCUT2D eigenvalue weighted by Gasteiger charge is -2.36. The molecule has 1 amide bonds. The van der Waals surface area contributed by atoms with Gasteiger partial charge in [-0.1, -0.05) is 0 Å². The van der Waals surface area contributed by atoms with Crippen molar-refractivity contribution in [1.82, 2.24) is 4.90 Å². The number of nitrogens with two attached hydrogens (primary N) is 1. The van der Waals surface area contributed by atoms with Gasteiger partial charge < -0.3 is 15.4 Å². The molecule has 0 saturated carbocycles. The highest BCUT2D eigenvalue weighted by Crippen LogP contribution is 2.24. The predicted molar refractivity (Wildman–Crippen MR) is 79.4 cm³/mol. The first-order chi connectivity index (χ1) is 9.67. The van der Waals surface area contributed by atoms with Crippen LogP contribution >= 0.6 is 0 Å². The standard InChI is InChI=1S/C15H23N3O2/c1-11-10-12(17-16)5-6-14(11)15(20)18-8-3-2-4-13(18)7-9-19/h5-6,10,13,17,19H,2-4,7-9,16H2,1H3. The SMILES string of the molecule is Cc1cc(NN)ccc1C(=O)N1CCCCC1CCO. The predicted octanol–water partition coefficient (Wildman–Crippen LogP) is 1.66. The monoisotopic (exact) mass is 277 g/mol. The van der Waals surface area contributed by atoms with Gasteiger partial charge in [-0.3, -0.25) is 10.6 Å². The molecule has 0 aliphatic carbocycles. The van der Waals surface area contributed by atoms with Gasteiger partial charge in [-0.25, -0.2) is 0 Å². The van der Waals surface area contributed by atoms with E-state index in [1.807, 2.05) is 30.0 Å². The van der Waals surface area contributed by atoms with E-state index >= 15 is 0 Å². The van der Waals surface area contributed by atoms with E-state index in [-0.39, 0.29) is 18.6 Å². The molecule has 1 saturated heterocycles. The van der Waals surface area contributed by atoms with Crippen molar-refractivity contribution in [3.05, 3.63) is 29.3 Å². The fourth-order valence-electron chi connectivity index (χ4n) is 2.87. The number of hydrogen-bond acceptors (Lipinski definition) is 4. The summed E-state index contributed by atoms with van der Waals surface area (Å²) in [6.45, 7) is 2.82. The average Bonchev–Trinajstić information content (AvgIpc) is 2.47. The number of carbonyl (C=O) groups excluding carboxylic acids is 1. The molecule has 1 unspecified atom stereocenters. The lowest BCUT2D eigenvalue weighted by Crippen LogP contribution is -2.44. The number of aryl methyl sites for hydroxylation is 1. The minimum Gasteiger partial charge on any atom is -0.396 e. The summed E-state index contributed by atoms with van der Waals surface area (Å²) < 4.78 is 0. The van der Waals surface area contributed by atoms with Gasteiger partial charge in [-0.15, -0.1) is 0 Å². The van der Waals surface area contributed by atoms with Crippen LogP contribution in [0, 0.1) is 6.92 Å². The minimum atomic E-state index is 0.0595. The number of amides is 1. The summed E-state index contributed by atoms with van der Waals surface area (Å²) in [5.41, 5.74) is 5.01. The Labute approximate surface area is 119 Å². The second kappa shape index (κ2) is 6.72. The summed E-state index contributed by atoms with van der Waals surface area (Å²) in [5.74, 6) is 5.44. The molecular formula is C15H23N3O2. The van der Waals surface area contributed by atoms with Crippen molar-refractivity contribution in [2.45, 2.75) is 38.6 Å². The van der Waals surface area contributed by atoms with Gasteiger partial charge in [0, 0.05) is 30.4 Å². The van der Waals surface area contributed by atoms with Gasteiger partial charge in [0.25, 0.3) is 5.91 Å². The summed E-state index contributed by atoms with van der Waals surface area (Å²) in [4.78, 5) is 14.6. The topological polar surface area (TPSA) is 78.6 Å². The molecule has 0 bridgehead atoms. The van der Waals surface area contributed by atoms with Crippen LogP contribution in [0.15, 0.2) is 18.2 Å². The number of nitrogen functional groups attached to an aromatic ring is 1. The Morgan fingerprint density at radius 1 is 1.50 bits per heavy atom. The summed E-state index contributed by atoms with van der Waals surface area (Å²) in [5, 5.41) is 9.15. The van der Waals surface area contributed by atoms with Crippen LogP contribution in [0.3, 0.4) is 0 Å². The number of piperidine rings is 1. The van der Waals surface area contributed by atoms with Crippen molar-refractivity contribution in [2.75, 3.05) is 18.6 Å². The van der Waals surface area contributed by atoms with Crippen LogP contribution in [0.1, 0.15) is 41.6 Å². The fourth-order valence-corrected chi connectivity index (χ4v) is 2.87.